The molecule has 3 heteroatoms. The van der Waals surface area contributed by atoms with E-state index in [1.54, 1.807) is 0 Å². The molecule has 0 spiro atoms. The molecule has 2 aromatic rings. The van der Waals surface area contributed by atoms with Gasteiger partial charge < -0.3 is 4.43 Å². The van der Waals surface area contributed by atoms with Gasteiger partial charge in [-0.05, 0) is 24.2 Å². The summed E-state index contributed by atoms with van der Waals surface area (Å²) in [5.41, 5.74) is -0.319. The van der Waals surface area contributed by atoms with E-state index >= 15 is 0 Å². The van der Waals surface area contributed by atoms with Crippen molar-refractivity contribution in [2.24, 2.45) is 0 Å². The van der Waals surface area contributed by atoms with Crippen molar-refractivity contribution in [2.45, 2.75) is 34.3 Å². The first-order chi connectivity index (χ1) is 10.9. The summed E-state index contributed by atoms with van der Waals surface area (Å²) in [5.74, 6) is 0. The third-order valence-electron chi connectivity index (χ3n) is 2.93. The fourth-order valence-electron chi connectivity index (χ4n) is 1.77. The van der Waals surface area contributed by atoms with Crippen LogP contribution in [0.2, 0.25) is 14.8 Å². The SMILES string of the molecule is C=CC(C)(C)O[Si](c1ccccc1)c1ccccc1.[CH3][Sn]([CH3])[CH3]. The predicted octanol–water partition coefficient (Wildman–Crippen LogP) is 4.14. The summed E-state index contributed by atoms with van der Waals surface area (Å²) >= 11 is -0.543. The second kappa shape index (κ2) is 10.1. The molecule has 0 aliphatic rings. The van der Waals surface area contributed by atoms with Gasteiger partial charge in [-0.25, -0.2) is 0 Å². The van der Waals surface area contributed by atoms with Crippen LogP contribution in [-0.2, 0) is 4.43 Å². The van der Waals surface area contributed by atoms with Crippen LogP contribution in [0.1, 0.15) is 13.8 Å². The standard InChI is InChI=1S/C17H19OSi.3CH3.Sn/c1-4-17(2,3)18-19(15-11-7-5-8-12-15)16-13-9-6-10-14-16;;;;/h4-14H,1H2,2-3H3;3*1H3;. The van der Waals surface area contributed by atoms with E-state index in [1.165, 1.54) is 10.4 Å². The molecule has 0 aliphatic heterocycles. The van der Waals surface area contributed by atoms with Gasteiger partial charge in [-0.1, -0.05) is 66.7 Å². The third kappa shape index (κ3) is 8.00. The Bertz CT molecular complexity index is 524. The van der Waals surface area contributed by atoms with E-state index < -0.39 is 28.8 Å². The van der Waals surface area contributed by atoms with Gasteiger partial charge in [0.15, 0.2) is 0 Å². The Kier molecular flexibility index (Phi) is 8.88. The van der Waals surface area contributed by atoms with Gasteiger partial charge in [0.2, 0.25) is 0 Å². The molecule has 0 unspecified atom stereocenters. The second-order valence-corrected chi connectivity index (χ2v) is 17.1. The molecular formula is C20H28OSiSn. The van der Waals surface area contributed by atoms with Crippen LogP contribution in [0.15, 0.2) is 73.3 Å². The van der Waals surface area contributed by atoms with Crippen LogP contribution in [-0.4, -0.2) is 34.4 Å². The maximum atomic E-state index is 6.34. The Balaban J connectivity index is 0.000000593. The minimum absolute atomic E-state index is 0.319. The van der Waals surface area contributed by atoms with Crippen LogP contribution in [0.5, 0.6) is 0 Å². The van der Waals surface area contributed by atoms with Crippen molar-refractivity contribution in [1.29, 1.82) is 0 Å². The van der Waals surface area contributed by atoms with E-state index in [0.29, 0.717) is 0 Å². The van der Waals surface area contributed by atoms with E-state index in [-0.39, 0.29) is 5.60 Å². The van der Waals surface area contributed by atoms with Gasteiger partial charge in [-0.2, -0.15) is 0 Å². The fourth-order valence-corrected chi connectivity index (χ4v) is 3.94. The second-order valence-electron chi connectivity index (χ2n) is 6.47. The summed E-state index contributed by atoms with van der Waals surface area (Å²) in [6, 6.07) is 20.9. The van der Waals surface area contributed by atoms with E-state index in [9.17, 15) is 0 Å². The molecule has 2 radical (unpaired) electrons. The van der Waals surface area contributed by atoms with Crippen molar-refractivity contribution in [3.05, 3.63) is 73.3 Å². The van der Waals surface area contributed by atoms with E-state index in [2.05, 4.69) is 83.8 Å². The molecule has 0 bridgehead atoms. The molecule has 0 fully saturated rings. The summed E-state index contributed by atoms with van der Waals surface area (Å²) < 4.78 is 6.34. The van der Waals surface area contributed by atoms with Crippen molar-refractivity contribution in [3.63, 3.8) is 0 Å². The average molecular weight is 431 g/mol. The first-order valence-corrected chi connectivity index (χ1v) is 17.9. The van der Waals surface area contributed by atoms with Gasteiger partial charge in [0, 0.05) is 0 Å². The molecule has 1 nitrogen and oxygen atoms in total. The van der Waals surface area contributed by atoms with Crippen molar-refractivity contribution in [3.8, 4) is 0 Å². The fraction of sp³-hybridized carbons (Fsp3) is 0.300. The zero-order valence-electron chi connectivity index (χ0n) is 15.0. The summed E-state index contributed by atoms with van der Waals surface area (Å²) in [7, 11) is -1.24. The van der Waals surface area contributed by atoms with Gasteiger partial charge in [-0.3, -0.25) is 0 Å². The summed E-state index contributed by atoms with van der Waals surface area (Å²) in [5, 5.41) is 2.52. The number of hydrogen-bond donors (Lipinski definition) is 0. The molecule has 122 valence electrons. The zero-order chi connectivity index (χ0) is 17.3. The molecule has 0 amide bonds. The summed E-state index contributed by atoms with van der Waals surface area (Å²) in [6.45, 7) is 7.97. The quantitative estimate of drug-likeness (QED) is 0.511. The van der Waals surface area contributed by atoms with Crippen LogP contribution in [0.3, 0.4) is 0 Å². The average Bonchev–Trinajstić information content (AvgIpc) is 2.54. The van der Waals surface area contributed by atoms with E-state index in [4.69, 9.17) is 4.43 Å². The molecule has 0 aliphatic carbocycles. The van der Waals surface area contributed by atoms with E-state index in [1.807, 2.05) is 18.2 Å². The third-order valence-corrected chi connectivity index (χ3v) is 5.37. The number of rotatable bonds is 5. The van der Waals surface area contributed by atoms with Crippen molar-refractivity contribution >= 4 is 39.2 Å². The van der Waals surface area contributed by atoms with Crippen LogP contribution in [0, 0.1) is 0 Å². The first kappa shape index (κ1) is 20.2. The van der Waals surface area contributed by atoms with Crippen LogP contribution in [0.4, 0.5) is 0 Å². The molecule has 0 saturated heterocycles. The maximum absolute atomic E-state index is 6.34. The predicted molar refractivity (Wildman–Crippen MR) is 107 cm³/mol. The number of benzene rings is 2. The molecular weight excluding hydrogens is 403 g/mol. The van der Waals surface area contributed by atoms with Gasteiger partial charge in [0.05, 0.1) is 5.60 Å². The Hall–Kier alpha value is -0.844. The summed E-state index contributed by atoms with van der Waals surface area (Å²) in [4.78, 5) is 7.09. The zero-order valence-corrected chi connectivity index (χ0v) is 18.8. The van der Waals surface area contributed by atoms with Crippen LogP contribution >= 0.6 is 0 Å². The van der Waals surface area contributed by atoms with Crippen molar-refractivity contribution < 1.29 is 4.43 Å². The Morgan fingerprint density at radius 1 is 0.870 bits per heavy atom. The van der Waals surface area contributed by atoms with Crippen LogP contribution < -0.4 is 10.4 Å². The molecule has 0 N–H and O–H groups in total. The molecule has 0 aromatic heterocycles. The topological polar surface area (TPSA) is 9.23 Å². The normalized spacial score (nSPS) is 11.1. The summed E-state index contributed by atoms with van der Waals surface area (Å²) in [6.07, 6.45) is 1.86. The van der Waals surface area contributed by atoms with Gasteiger partial charge in [-0.15, -0.1) is 6.58 Å². The molecule has 0 atom stereocenters. The Morgan fingerprint density at radius 3 is 1.52 bits per heavy atom. The van der Waals surface area contributed by atoms with Crippen molar-refractivity contribution in [2.75, 3.05) is 0 Å². The Labute approximate surface area is 150 Å². The van der Waals surface area contributed by atoms with Gasteiger partial charge in [0.25, 0.3) is 9.04 Å². The molecule has 2 rings (SSSR count). The van der Waals surface area contributed by atoms with Gasteiger partial charge >= 0.3 is 34.6 Å². The minimum atomic E-state index is -1.24. The van der Waals surface area contributed by atoms with Crippen LogP contribution in [0.25, 0.3) is 0 Å². The molecule has 0 heterocycles. The Morgan fingerprint density at radius 2 is 1.22 bits per heavy atom. The first-order valence-electron chi connectivity index (χ1n) is 7.93. The number of hydrogen-bond acceptors (Lipinski definition) is 1. The molecule has 0 saturated carbocycles. The monoisotopic (exact) mass is 432 g/mol. The van der Waals surface area contributed by atoms with E-state index in [0.717, 1.165) is 0 Å². The molecule has 2 aromatic carbocycles. The molecule has 23 heavy (non-hydrogen) atoms. The van der Waals surface area contributed by atoms with Crippen molar-refractivity contribution in [1.82, 2.24) is 0 Å². The van der Waals surface area contributed by atoms with Gasteiger partial charge in [0.1, 0.15) is 0 Å².